The Hall–Kier alpha value is 0.500. The lowest BCUT2D eigenvalue weighted by atomic mass is 10.0. The Morgan fingerprint density at radius 2 is 0.581 bits per heavy atom. The second-order valence-electron chi connectivity index (χ2n) is 9.60. The molecule has 3 nitrogen and oxygen atoms in total. The lowest BCUT2D eigenvalue weighted by Crippen LogP contribution is -1.88. The molecule has 0 heterocycles. The number of thiol groups is 1. The molecule has 0 rings (SSSR count). The van der Waals surface area contributed by atoms with Gasteiger partial charge in [0.15, 0.2) is 0 Å². The normalized spacial score (nSPS) is 12.0. The predicted molar refractivity (Wildman–Crippen MR) is 142 cm³/mol. The first-order valence-corrected chi connectivity index (χ1v) is 16.1. The summed E-state index contributed by atoms with van der Waals surface area (Å²) >= 11 is 4.26. The van der Waals surface area contributed by atoms with Gasteiger partial charge in [0.2, 0.25) is 0 Å². The highest BCUT2D eigenvalue weighted by molar-refractivity contribution is 7.80. The minimum atomic E-state index is -3.77. The molecule has 0 fully saturated rings. The van der Waals surface area contributed by atoms with E-state index < -0.39 is 7.60 Å². The molecule has 0 aliphatic heterocycles. The van der Waals surface area contributed by atoms with Gasteiger partial charge in [-0.2, -0.15) is 12.6 Å². The van der Waals surface area contributed by atoms with Crippen molar-refractivity contribution < 1.29 is 14.4 Å². The largest absolute Gasteiger partial charge is 0.325 e. The quantitative estimate of drug-likeness (QED) is 0.0659. The van der Waals surface area contributed by atoms with Gasteiger partial charge in [0.25, 0.3) is 0 Å². The van der Waals surface area contributed by atoms with Gasteiger partial charge in [0, 0.05) is 6.16 Å². The summed E-state index contributed by atoms with van der Waals surface area (Å²) in [6, 6.07) is 0. The molecule has 0 amide bonds. The van der Waals surface area contributed by atoms with Gasteiger partial charge in [0.1, 0.15) is 0 Å². The van der Waals surface area contributed by atoms with Crippen LogP contribution >= 0.6 is 20.2 Å². The van der Waals surface area contributed by atoms with E-state index in [0.717, 1.165) is 18.6 Å². The SMILES string of the molecule is O=P(O)(O)CCCCCCCCCCCCCCCCCCCCCCCCCCS. The predicted octanol–water partition coefficient (Wildman–Crippen LogP) is 9.46. The molecular weight excluding hydrogens is 423 g/mol. The summed E-state index contributed by atoms with van der Waals surface area (Å²) in [5.74, 6) is 1.05. The maximum atomic E-state index is 10.8. The molecule has 0 atom stereocenters. The number of hydrogen-bond donors (Lipinski definition) is 3. The Kier molecular flexibility index (Phi) is 25.5. The molecule has 0 aliphatic carbocycles. The van der Waals surface area contributed by atoms with E-state index in [2.05, 4.69) is 12.6 Å². The maximum absolute atomic E-state index is 10.8. The number of unbranched alkanes of at least 4 members (excludes halogenated alkanes) is 23. The van der Waals surface area contributed by atoms with Crippen molar-refractivity contribution in [3.05, 3.63) is 0 Å². The van der Waals surface area contributed by atoms with E-state index >= 15 is 0 Å². The van der Waals surface area contributed by atoms with Crippen molar-refractivity contribution >= 4 is 20.2 Å². The zero-order valence-electron chi connectivity index (χ0n) is 20.6. The minimum Gasteiger partial charge on any atom is -0.324 e. The van der Waals surface area contributed by atoms with E-state index in [1.807, 2.05) is 0 Å². The smallest absolute Gasteiger partial charge is 0.324 e. The average Bonchev–Trinajstić information content (AvgIpc) is 2.73. The van der Waals surface area contributed by atoms with Gasteiger partial charge in [0.05, 0.1) is 0 Å². The van der Waals surface area contributed by atoms with E-state index in [4.69, 9.17) is 9.79 Å². The molecule has 2 N–H and O–H groups in total. The van der Waals surface area contributed by atoms with E-state index in [0.29, 0.717) is 6.42 Å². The number of rotatable bonds is 26. The lowest BCUT2D eigenvalue weighted by Gasteiger charge is -2.05. The van der Waals surface area contributed by atoms with Crippen LogP contribution in [0.25, 0.3) is 0 Å². The fraction of sp³-hybridized carbons (Fsp3) is 1.00. The molecule has 0 saturated heterocycles. The van der Waals surface area contributed by atoms with Gasteiger partial charge in [-0.05, 0) is 18.6 Å². The van der Waals surface area contributed by atoms with Crippen molar-refractivity contribution in [2.45, 2.75) is 154 Å². The van der Waals surface area contributed by atoms with Crippen molar-refractivity contribution in [3.63, 3.8) is 0 Å². The van der Waals surface area contributed by atoms with Crippen LogP contribution in [0.2, 0.25) is 0 Å². The Balaban J connectivity index is 3.03. The Bertz CT molecular complexity index is 387. The molecular formula is C26H55O3PS. The molecule has 0 aromatic rings. The van der Waals surface area contributed by atoms with E-state index in [1.165, 1.54) is 135 Å². The molecule has 0 aliphatic rings. The van der Waals surface area contributed by atoms with Crippen LogP contribution in [0.15, 0.2) is 0 Å². The summed E-state index contributed by atoms with van der Waals surface area (Å²) in [7, 11) is -3.77. The summed E-state index contributed by atoms with van der Waals surface area (Å²) < 4.78 is 10.8. The monoisotopic (exact) mass is 478 g/mol. The average molecular weight is 479 g/mol. The number of hydrogen-bond acceptors (Lipinski definition) is 2. The van der Waals surface area contributed by atoms with E-state index in [-0.39, 0.29) is 6.16 Å². The standard InChI is InChI=1S/C26H55O3PS/c27-30(28,29)25-23-21-19-17-15-13-11-9-7-5-3-1-2-4-6-8-10-12-14-16-18-20-22-24-26-31/h31H,1-26H2,(H2,27,28,29). The van der Waals surface area contributed by atoms with Crippen LogP contribution in [0.3, 0.4) is 0 Å². The first kappa shape index (κ1) is 31.5. The Labute approximate surface area is 200 Å². The van der Waals surface area contributed by atoms with Crippen molar-refractivity contribution in [1.29, 1.82) is 0 Å². The lowest BCUT2D eigenvalue weighted by molar-refractivity contribution is 0.370. The second kappa shape index (κ2) is 25.1. The Morgan fingerprint density at radius 3 is 0.774 bits per heavy atom. The molecule has 0 aromatic heterocycles. The molecule has 0 spiro atoms. The van der Waals surface area contributed by atoms with Crippen LogP contribution in [0.5, 0.6) is 0 Å². The third kappa shape index (κ3) is 30.5. The van der Waals surface area contributed by atoms with Crippen LogP contribution in [0.1, 0.15) is 154 Å². The summed E-state index contributed by atoms with van der Waals surface area (Å²) in [5.41, 5.74) is 0. The van der Waals surface area contributed by atoms with Crippen LogP contribution in [0.4, 0.5) is 0 Å². The van der Waals surface area contributed by atoms with E-state index in [9.17, 15) is 4.57 Å². The third-order valence-electron chi connectivity index (χ3n) is 6.36. The van der Waals surface area contributed by atoms with Crippen LogP contribution in [-0.2, 0) is 4.57 Å². The fourth-order valence-electron chi connectivity index (χ4n) is 4.32. The Morgan fingerprint density at radius 1 is 0.387 bits per heavy atom. The molecule has 0 radical (unpaired) electrons. The third-order valence-corrected chi connectivity index (χ3v) is 7.57. The molecule has 0 unspecified atom stereocenters. The highest BCUT2D eigenvalue weighted by atomic mass is 32.1. The van der Waals surface area contributed by atoms with Gasteiger partial charge in [-0.15, -0.1) is 0 Å². The first-order chi connectivity index (χ1) is 15.1. The maximum Gasteiger partial charge on any atom is 0.325 e. The summed E-state index contributed by atoms with van der Waals surface area (Å²) in [5, 5.41) is 0. The molecule has 0 saturated carbocycles. The van der Waals surface area contributed by atoms with Crippen molar-refractivity contribution in [1.82, 2.24) is 0 Å². The summed E-state index contributed by atoms with van der Waals surface area (Å²) in [4.78, 5) is 17.6. The molecule has 5 heteroatoms. The van der Waals surface area contributed by atoms with Gasteiger partial charge in [-0.3, -0.25) is 4.57 Å². The van der Waals surface area contributed by atoms with Crippen LogP contribution in [0, 0.1) is 0 Å². The minimum absolute atomic E-state index is 0.0601. The van der Waals surface area contributed by atoms with Crippen LogP contribution in [-0.4, -0.2) is 21.7 Å². The summed E-state index contributed by atoms with van der Waals surface area (Å²) in [6.07, 6.45) is 32.1. The zero-order chi connectivity index (χ0) is 22.9. The van der Waals surface area contributed by atoms with Gasteiger partial charge in [-0.1, -0.05) is 141 Å². The van der Waals surface area contributed by atoms with Crippen molar-refractivity contribution in [2.75, 3.05) is 11.9 Å². The van der Waals surface area contributed by atoms with E-state index in [1.54, 1.807) is 0 Å². The molecule has 188 valence electrons. The highest BCUT2D eigenvalue weighted by Crippen LogP contribution is 2.35. The summed E-state index contributed by atoms with van der Waals surface area (Å²) in [6.45, 7) is 0. The molecule has 0 bridgehead atoms. The fourth-order valence-corrected chi connectivity index (χ4v) is 5.18. The molecule has 31 heavy (non-hydrogen) atoms. The molecule has 0 aromatic carbocycles. The topological polar surface area (TPSA) is 57.5 Å². The first-order valence-electron chi connectivity index (χ1n) is 13.7. The van der Waals surface area contributed by atoms with Gasteiger partial charge < -0.3 is 9.79 Å². The highest BCUT2D eigenvalue weighted by Gasteiger charge is 2.10. The zero-order valence-corrected chi connectivity index (χ0v) is 22.4. The van der Waals surface area contributed by atoms with Gasteiger partial charge in [-0.25, -0.2) is 0 Å². The van der Waals surface area contributed by atoms with Crippen molar-refractivity contribution in [2.24, 2.45) is 0 Å². The van der Waals surface area contributed by atoms with Crippen molar-refractivity contribution in [3.8, 4) is 0 Å². The van der Waals surface area contributed by atoms with Gasteiger partial charge >= 0.3 is 7.60 Å². The van der Waals surface area contributed by atoms with Crippen LogP contribution < -0.4 is 0 Å². The second-order valence-corrected chi connectivity index (χ2v) is 11.8.